The third kappa shape index (κ3) is 13.0. The minimum atomic E-state index is -2.43. The fourth-order valence-corrected chi connectivity index (χ4v) is 19.5. The van der Waals surface area contributed by atoms with Crippen molar-refractivity contribution >= 4 is 0 Å². The van der Waals surface area contributed by atoms with Crippen molar-refractivity contribution in [1.82, 2.24) is 0 Å². The van der Waals surface area contributed by atoms with Crippen molar-refractivity contribution in [1.29, 1.82) is 0 Å². The fourth-order valence-electron chi connectivity index (χ4n) is 19.5. The first kappa shape index (κ1) is 82.2. The minimum absolute atomic E-state index is 0.396. The molecule has 0 bridgehead atoms. The second kappa shape index (κ2) is 34.5. The van der Waals surface area contributed by atoms with E-state index in [-0.39, 0.29) is 0 Å². The summed E-state index contributed by atoms with van der Waals surface area (Å²) in [7, 11) is 23.5. The maximum atomic E-state index is 10.7. The van der Waals surface area contributed by atoms with Gasteiger partial charge < -0.3 is 75.8 Å². The molecule has 14 aromatic carbocycles. The molecule has 614 valence electrons. The average Bonchev–Trinajstić information content (AvgIpc) is 0.598. The first-order valence-corrected chi connectivity index (χ1v) is 39.6. The van der Waals surface area contributed by atoms with Gasteiger partial charge >= 0.3 is 0 Å². The SMILES string of the molecule is COc1ccc(OC2(c3ccc(OC)cc3)C(c3ccc(OC)cc3)(c3ccc(OC)cc3)C(c3ccc(OC)cc3)(c3ccc(OC)cc3)C(OC(c3ccc(OC)cc3)(c3ccc(OC)cc3)c3ccc(OC)cc3)(c3ccc(OC)cc3)C(c3ccc(OC)cc3)(c3ccc(OC)cc3)C2(c2ccc(OC)cc2)c2ccc(OC)cc2)cc1. The molecule has 121 heavy (non-hydrogen) atoms. The summed E-state index contributed by atoms with van der Waals surface area (Å²) in [5, 5.41) is 0. The zero-order chi connectivity index (χ0) is 84.6. The van der Waals surface area contributed by atoms with Gasteiger partial charge in [0.1, 0.15) is 97.4 Å². The molecule has 1 aliphatic carbocycles. The Morgan fingerprint density at radius 1 is 0.140 bits per heavy atom. The zero-order valence-corrected chi connectivity index (χ0v) is 70.4. The van der Waals surface area contributed by atoms with Gasteiger partial charge in [-0.2, -0.15) is 0 Å². The molecule has 0 saturated heterocycles. The van der Waals surface area contributed by atoms with Crippen LogP contribution in [0.2, 0.25) is 0 Å². The standard InChI is InChI=1S/C105H98O16/c1-106-84-41-15-71(16-42-84)99(72-17-43-85(107-2)44-18-72,73-19-45-86(108-3)46-20-73)121-105(83-39-65-96(118-13)66-40-83)102(78-29-55-91(113-8)56-30-78,79-31-57-92(114-9)58-32-79)100(74-21-47-87(109-4)48-22-74,75-23-49-88(110-5)50-24-75)104(82-37-63-95(117-12)64-38-82,120-98-69-67-97(119-14)68-70-98)101(76-25-51-89(111-6)52-26-76,77-27-53-90(112-7)54-28-77)103(105,80-33-59-93(115-10)60-34-80)81-35-61-94(116-11)62-36-81/h15-70H,1-14H3. The second-order valence-corrected chi connectivity index (χ2v) is 29.4. The summed E-state index contributed by atoms with van der Waals surface area (Å²) in [5.41, 5.74) is -7.05. The summed E-state index contributed by atoms with van der Waals surface area (Å²) in [5.74, 6) is 8.15. The molecule has 16 heteroatoms. The van der Waals surface area contributed by atoms with Crippen LogP contribution in [0.5, 0.6) is 86.2 Å². The molecule has 1 fully saturated rings. The van der Waals surface area contributed by atoms with Crippen LogP contribution >= 0.6 is 0 Å². The van der Waals surface area contributed by atoms with E-state index in [1.165, 1.54) is 0 Å². The lowest BCUT2D eigenvalue weighted by molar-refractivity contribution is -0.290. The molecule has 14 aromatic rings. The molecular weight excluding hydrogens is 1520 g/mol. The number of hydrogen-bond donors (Lipinski definition) is 0. The van der Waals surface area contributed by atoms with Gasteiger partial charge in [0.2, 0.25) is 0 Å². The molecule has 16 nitrogen and oxygen atoms in total. The van der Waals surface area contributed by atoms with Crippen molar-refractivity contribution in [3.8, 4) is 86.2 Å². The van der Waals surface area contributed by atoms with E-state index < -0.39 is 38.5 Å². The number of hydrogen-bond acceptors (Lipinski definition) is 16. The Morgan fingerprint density at radius 3 is 0.430 bits per heavy atom. The van der Waals surface area contributed by atoms with E-state index >= 15 is 0 Å². The van der Waals surface area contributed by atoms with Gasteiger partial charge in [0.15, 0.2) is 5.60 Å². The molecule has 0 atom stereocenters. The van der Waals surface area contributed by atoms with E-state index in [9.17, 15) is 9.47 Å². The van der Waals surface area contributed by atoms with Crippen molar-refractivity contribution in [2.24, 2.45) is 0 Å². The number of ether oxygens (including phenoxy) is 16. The van der Waals surface area contributed by atoms with Crippen molar-refractivity contribution in [2.75, 3.05) is 99.5 Å². The first-order valence-electron chi connectivity index (χ1n) is 39.6. The van der Waals surface area contributed by atoms with Gasteiger partial charge in [-0.3, -0.25) is 0 Å². The van der Waals surface area contributed by atoms with E-state index in [0.717, 1.165) is 0 Å². The Balaban J connectivity index is 1.48. The smallest absolute Gasteiger partial charge is 0.164 e. The lowest BCUT2D eigenvalue weighted by atomic mass is 9.22. The van der Waals surface area contributed by atoms with Crippen LogP contribution in [0.25, 0.3) is 0 Å². The van der Waals surface area contributed by atoms with Gasteiger partial charge in [0.25, 0.3) is 0 Å². The summed E-state index contributed by atoms with van der Waals surface area (Å²) in [6.45, 7) is 0. The van der Waals surface area contributed by atoms with Gasteiger partial charge in [-0.1, -0.05) is 158 Å². The molecule has 0 aromatic heterocycles. The lowest BCUT2D eigenvalue weighted by Gasteiger charge is -2.82. The van der Waals surface area contributed by atoms with E-state index in [0.29, 0.717) is 159 Å². The molecule has 0 aliphatic heterocycles. The van der Waals surface area contributed by atoms with Crippen LogP contribution in [-0.2, 0) is 43.2 Å². The van der Waals surface area contributed by atoms with Gasteiger partial charge in [-0.25, -0.2) is 0 Å². The first-order chi connectivity index (χ1) is 59.2. The van der Waals surface area contributed by atoms with Crippen molar-refractivity contribution in [3.05, 3.63) is 412 Å². The monoisotopic (exact) mass is 1610 g/mol. The van der Waals surface area contributed by atoms with Crippen LogP contribution in [0.4, 0.5) is 0 Å². The maximum Gasteiger partial charge on any atom is 0.164 e. The van der Waals surface area contributed by atoms with Gasteiger partial charge in [0.05, 0.1) is 121 Å². The van der Waals surface area contributed by atoms with Crippen LogP contribution in [0, 0.1) is 0 Å². The van der Waals surface area contributed by atoms with Crippen LogP contribution in [0.15, 0.2) is 340 Å². The van der Waals surface area contributed by atoms with E-state index in [2.05, 4.69) is 158 Å². The molecule has 0 N–H and O–H groups in total. The maximum absolute atomic E-state index is 10.7. The van der Waals surface area contributed by atoms with Gasteiger partial charge in [0, 0.05) is 0 Å². The average molecular weight is 1620 g/mol. The third-order valence-electron chi connectivity index (χ3n) is 24.5. The van der Waals surface area contributed by atoms with E-state index in [4.69, 9.17) is 66.3 Å². The topological polar surface area (TPSA) is 148 Å². The van der Waals surface area contributed by atoms with Gasteiger partial charge in [-0.05, 0) is 254 Å². The summed E-state index contributed by atoms with van der Waals surface area (Å²) < 4.78 is 110. The van der Waals surface area contributed by atoms with Crippen LogP contribution < -0.4 is 71.1 Å². The quantitative estimate of drug-likeness (QED) is 0.0379. The fraction of sp³-hybridized carbons (Fsp3) is 0.200. The highest BCUT2D eigenvalue weighted by atomic mass is 16.5. The van der Waals surface area contributed by atoms with Crippen molar-refractivity contribution in [2.45, 2.75) is 38.5 Å². The molecule has 1 saturated carbocycles. The largest absolute Gasteiger partial charge is 0.497 e. The highest BCUT2D eigenvalue weighted by Gasteiger charge is 2.93. The molecule has 0 spiro atoms. The van der Waals surface area contributed by atoms with Crippen molar-refractivity contribution in [3.63, 3.8) is 0 Å². The van der Waals surface area contributed by atoms with Crippen molar-refractivity contribution < 1.29 is 75.8 Å². The number of rotatable bonds is 31. The third-order valence-corrected chi connectivity index (χ3v) is 24.5. The molecule has 0 unspecified atom stereocenters. The Kier molecular flexibility index (Phi) is 23.5. The molecule has 0 radical (unpaired) electrons. The predicted octanol–water partition coefficient (Wildman–Crippen LogP) is 20.9. The molecule has 0 heterocycles. The van der Waals surface area contributed by atoms with Gasteiger partial charge in [-0.15, -0.1) is 0 Å². The Morgan fingerprint density at radius 2 is 0.264 bits per heavy atom. The molecule has 15 rings (SSSR count). The zero-order valence-electron chi connectivity index (χ0n) is 70.4. The summed E-state index contributed by atoms with van der Waals surface area (Å²) >= 11 is 0. The highest BCUT2D eigenvalue weighted by Crippen LogP contribution is 2.86. The van der Waals surface area contributed by atoms with Crippen LogP contribution in [0.1, 0.15) is 72.3 Å². The highest BCUT2D eigenvalue weighted by molar-refractivity contribution is 5.79. The summed E-state index contributed by atoms with van der Waals surface area (Å²) in [4.78, 5) is 0. The Hall–Kier alpha value is -14.0. The normalized spacial score (nSPS) is 16.0. The Bertz CT molecular complexity index is 5240. The second-order valence-electron chi connectivity index (χ2n) is 29.4. The van der Waals surface area contributed by atoms with E-state index in [1.807, 2.05) is 182 Å². The number of methoxy groups -OCH3 is 14. The number of benzene rings is 14. The molecule has 1 aliphatic rings. The molecular formula is C105H98O16. The Labute approximate surface area is 708 Å². The van der Waals surface area contributed by atoms with E-state index in [1.54, 1.807) is 99.5 Å². The minimum Gasteiger partial charge on any atom is -0.497 e. The van der Waals surface area contributed by atoms with Crippen LogP contribution in [-0.4, -0.2) is 99.5 Å². The summed E-state index contributed by atoms with van der Waals surface area (Å²) in [6.07, 6.45) is 0. The predicted molar refractivity (Wildman–Crippen MR) is 470 cm³/mol. The lowest BCUT2D eigenvalue weighted by Crippen LogP contribution is -2.90. The molecule has 0 amide bonds. The van der Waals surface area contributed by atoms with Crippen LogP contribution in [0.3, 0.4) is 0 Å². The summed E-state index contributed by atoms with van der Waals surface area (Å²) in [6, 6.07) is 117.